The Balaban J connectivity index is 1.28. The molecule has 0 fully saturated rings. The van der Waals surface area contributed by atoms with Gasteiger partial charge in [0.25, 0.3) is 0 Å². The summed E-state index contributed by atoms with van der Waals surface area (Å²) in [6.45, 7) is 0. The SMILES string of the molecule is COc1cncc2ccc(Oc3cccc(C4=N[C@H]5c6ccccc6C[C@H]5O4)c3)nc12. The zero-order chi connectivity index (χ0) is 20.8. The van der Waals surface area contributed by atoms with Gasteiger partial charge in [-0.15, -0.1) is 0 Å². The van der Waals surface area contributed by atoms with Gasteiger partial charge in [0, 0.05) is 29.6 Å². The summed E-state index contributed by atoms with van der Waals surface area (Å²) in [5, 5.41) is 0.890. The van der Waals surface area contributed by atoms with E-state index in [-0.39, 0.29) is 12.1 Å². The zero-order valence-electron chi connectivity index (χ0n) is 16.9. The second kappa shape index (κ2) is 7.09. The van der Waals surface area contributed by atoms with E-state index in [2.05, 4.69) is 34.2 Å². The van der Waals surface area contributed by atoms with Gasteiger partial charge in [0.2, 0.25) is 11.8 Å². The van der Waals surface area contributed by atoms with Crippen LogP contribution in [-0.4, -0.2) is 29.1 Å². The van der Waals surface area contributed by atoms with Crippen LogP contribution in [0.1, 0.15) is 22.7 Å². The van der Waals surface area contributed by atoms with Crippen molar-refractivity contribution in [1.82, 2.24) is 9.97 Å². The molecular weight excluding hydrogens is 390 g/mol. The molecule has 0 spiro atoms. The van der Waals surface area contributed by atoms with Gasteiger partial charge >= 0.3 is 0 Å². The number of aliphatic imine (C=N–C) groups is 1. The van der Waals surface area contributed by atoms with Gasteiger partial charge < -0.3 is 14.2 Å². The Labute approximate surface area is 179 Å². The molecule has 0 bridgehead atoms. The second-order valence-corrected chi connectivity index (χ2v) is 7.63. The molecule has 0 unspecified atom stereocenters. The van der Waals surface area contributed by atoms with Gasteiger partial charge in [0.1, 0.15) is 23.4 Å². The molecule has 0 amide bonds. The van der Waals surface area contributed by atoms with Crippen molar-refractivity contribution >= 4 is 16.8 Å². The highest BCUT2D eigenvalue weighted by Gasteiger charge is 2.39. The highest BCUT2D eigenvalue weighted by molar-refractivity contribution is 5.96. The summed E-state index contributed by atoms with van der Waals surface area (Å²) in [4.78, 5) is 13.6. The summed E-state index contributed by atoms with van der Waals surface area (Å²) >= 11 is 0. The van der Waals surface area contributed by atoms with Crippen molar-refractivity contribution in [3.8, 4) is 17.4 Å². The minimum Gasteiger partial charge on any atom is -0.493 e. The molecule has 0 saturated heterocycles. The van der Waals surface area contributed by atoms with E-state index < -0.39 is 0 Å². The van der Waals surface area contributed by atoms with Gasteiger partial charge in [0.15, 0.2) is 5.75 Å². The van der Waals surface area contributed by atoms with Crippen molar-refractivity contribution in [3.63, 3.8) is 0 Å². The topological polar surface area (TPSA) is 65.8 Å². The van der Waals surface area contributed by atoms with Crippen LogP contribution in [0.5, 0.6) is 17.4 Å². The Bertz CT molecular complexity index is 1330. The van der Waals surface area contributed by atoms with Crippen LogP contribution in [0.2, 0.25) is 0 Å². The average molecular weight is 409 g/mol. The smallest absolute Gasteiger partial charge is 0.219 e. The lowest BCUT2D eigenvalue weighted by Gasteiger charge is -2.11. The molecule has 1 aliphatic heterocycles. The van der Waals surface area contributed by atoms with Crippen molar-refractivity contribution in [2.24, 2.45) is 4.99 Å². The summed E-state index contributed by atoms with van der Waals surface area (Å²) in [7, 11) is 1.60. The van der Waals surface area contributed by atoms with Crippen LogP contribution in [0.15, 0.2) is 78.0 Å². The predicted octanol–water partition coefficient (Wildman–Crippen LogP) is 4.87. The maximum absolute atomic E-state index is 6.20. The normalized spacial score (nSPS) is 18.8. The number of ether oxygens (including phenoxy) is 3. The van der Waals surface area contributed by atoms with E-state index in [1.165, 1.54) is 11.1 Å². The number of methoxy groups -OCH3 is 1. The van der Waals surface area contributed by atoms with E-state index in [0.29, 0.717) is 28.8 Å². The number of fused-ring (bicyclic) bond motifs is 4. The number of nitrogens with zero attached hydrogens (tertiary/aromatic N) is 3. The van der Waals surface area contributed by atoms with Gasteiger partial charge in [-0.3, -0.25) is 4.98 Å². The summed E-state index contributed by atoms with van der Waals surface area (Å²) in [5.74, 6) is 2.42. The maximum atomic E-state index is 6.20. The molecule has 31 heavy (non-hydrogen) atoms. The third-order valence-corrected chi connectivity index (χ3v) is 5.73. The van der Waals surface area contributed by atoms with Crippen LogP contribution in [0.25, 0.3) is 10.9 Å². The average Bonchev–Trinajstić information content (AvgIpc) is 3.37. The van der Waals surface area contributed by atoms with Crippen molar-refractivity contribution in [2.45, 2.75) is 18.6 Å². The number of hydrogen-bond donors (Lipinski definition) is 0. The van der Waals surface area contributed by atoms with Crippen molar-refractivity contribution in [2.75, 3.05) is 7.11 Å². The van der Waals surface area contributed by atoms with Crippen LogP contribution in [0, 0.1) is 0 Å². The predicted molar refractivity (Wildman–Crippen MR) is 117 cm³/mol. The Morgan fingerprint density at radius 1 is 1.00 bits per heavy atom. The monoisotopic (exact) mass is 409 g/mol. The Hall–Kier alpha value is -3.93. The third kappa shape index (κ3) is 3.08. The van der Waals surface area contributed by atoms with Crippen LogP contribution in [-0.2, 0) is 11.2 Å². The van der Waals surface area contributed by atoms with Crippen molar-refractivity contribution in [1.29, 1.82) is 0 Å². The van der Waals surface area contributed by atoms with E-state index in [9.17, 15) is 0 Å². The molecule has 6 rings (SSSR count). The first kappa shape index (κ1) is 17.9. The molecule has 6 heteroatoms. The Kier molecular flexibility index (Phi) is 4.09. The quantitative estimate of drug-likeness (QED) is 0.481. The third-order valence-electron chi connectivity index (χ3n) is 5.73. The molecule has 2 aromatic carbocycles. The van der Waals surface area contributed by atoms with Gasteiger partial charge in [-0.1, -0.05) is 30.3 Å². The van der Waals surface area contributed by atoms with Crippen LogP contribution < -0.4 is 9.47 Å². The van der Waals surface area contributed by atoms with Crippen molar-refractivity contribution < 1.29 is 14.2 Å². The maximum Gasteiger partial charge on any atom is 0.219 e. The number of hydrogen-bond acceptors (Lipinski definition) is 6. The first-order valence-electron chi connectivity index (χ1n) is 10.2. The fourth-order valence-corrected chi connectivity index (χ4v) is 4.26. The highest BCUT2D eigenvalue weighted by atomic mass is 16.5. The lowest BCUT2D eigenvalue weighted by Crippen LogP contribution is -2.13. The van der Waals surface area contributed by atoms with Crippen LogP contribution >= 0.6 is 0 Å². The molecule has 0 saturated carbocycles. The standard InChI is InChI=1S/C25H19N3O3/c1-29-21-14-26-13-17-9-10-22(27-23(17)21)30-18-7-4-6-16(11-18)25-28-24-19-8-3-2-5-15(19)12-20(24)31-25/h2-11,13-14,20,24H,12H2,1H3/t20-,24+/m1/s1. The molecule has 6 nitrogen and oxygen atoms in total. The summed E-state index contributed by atoms with van der Waals surface area (Å²) in [6.07, 6.45) is 4.35. The minimum atomic E-state index is 0.0685. The lowest BCUT2D eigenvalue weighted by molar-refractivity contribution is 0.206. The van der Waals surface area contributed by atoms with E-state index in [4.69, 9.17) is 19.2 Å². The molecule has 0 N–H and O–H groups in total. The number of pyridine rings is 2. The number of rotatable bonds is 4. The highest BCUT2D eigenvalue weighted by Crippen LogP contribution is 2.41. The van der Waals surface area contributed by atoms with Gasteiger partial charge in [-0.05, 0) is 35.4 Å². The minimum absolute atomic E-state index is 0.0685. The van der Waals surface area contributed by atoms with Gasteiger partial charge in [-0.2, -0.15) is 0 Å². The van der Waals surface area contributed by atoms with Crippen molar-refractivity contribution in [3.05, 3.63) is 89.7 Å². The number of benzene rings is 2. The van der Waals surface area contributed by atoms with E-state index >= 15 is 0 Å². The zero-order valence-corrected chi connectivity index (χ0v) is 16.9. The summed E-state index contributed by atoms with van der Waals surface area (Å²) < 4.78 is 17.6. The summed E-state index contributed by atoms with van der Waals surface area (Å²) in [6, 6.07) is 20.0. The summed E-state index contributed by atoms with van der Waals surface area (Å²) in [5.41, 5.74) is 4.19. The molecule has 2 aliphatic rings. The van der Waals surface area contributed by atoms with Crippen LogP contribution in [0.3, 0.4) is 0 Å². The molecule has 0 radical (unpaired) electrons. The Morgan fingerprint density at radius 3 is 2.87 bits per heavy atom. The molecule has 2 aromatic heterocycles. The molecule has 152 valence electrons. The fourth-order valence-electron chi connectivity index (χ4n) is 4.26. The molecule has 3 heterocycles. The Morgan fingerprint density at radius 2 is 1.94 bits per heavy atom. The first-order chi connectivity index (χ1) is 15.3. The van der Waals surface area contributed by atoms with Gasteiger partial charge in [-0.25, -0.2) is 9.98 Å². The molecular formula is C25H19N3O3. The number of aromatic nitrogens is 2. The van der Waals surface area contributed by atoms with E-state index in [1.54, 1.807) is 19.5 Å². The molecule has 2 atom stereocenters. The lowest BCUT2D eigenvalue weighted by atomic mass is 10.1. The fraction of sp³-hybridized carbons (Fsp3) is 0.160. The van der Waals surface area contributed by atoms with Crippen LogP contribution in [0.4, 0.5) is 0 Å². The molecule has 1 aliphatic carbocycles. The van der Waals surface area contributed by atoms with Gasteiger partial charge in [0.05, 0.1) is 13.3 Å². The largest absolute Gasteiger partial charge is 0.493 e. The second-order valence-electron chi connectivity index (χ2n) is 7.63. The molecule has 4 aromatic rings. The first-order valence-corrected chi connectivity index (χ1v) is 10.2. The van der Waals surface area contributed by atoms with E-state index in [0.717, 1.165) is 17.4 Å². The van der Waals surface area contributed by atoms with E-state index in [1.807, 2.05) is 36.4 Å².